The van der Waals surface area contributed by atoms with Crippen molar-refractivity contribution in [3.8, 4) is 5.75 Å². The summed E-state index contributed by atoms with van der Waals surface area (Å²) < 4.78 is 7.18. The molecule has 162 valence electrons. The number of hydrogen-bond donors (Lipinski definition) is 1. The van der Waals surface area contributed by atoms with Crippen LogP contribution < -0.4 is 15.6 Å². The van der Waals surface area contributed by atoms with Crippen LogP contribution in [0.4, 0.5) is 0 Å². The van der Waals surface area contributed by atoms with Gasteiger partial charge in [0.15, 0.2) is 0 Å². The Morgan fingerprint density at radius 2 is 1.77 bits per heavy atom. The zero-order valence-corrected chi connectivity index (χ0v) is 18.1. The summed E-state index contributed by atoms with van der Waals surface area (Å²) in [5.74, 6) is 0.595. The van der Waals surface area contributed by atoms with E-state index in [9.17, 15) is 9.59 Å². The third-order valence-electron chi connectivity index (χ3n) is 6.18. The van der Waals surface area contributed by atoms with Crippen LogP contribution in [0.5, 0.6) is 5.75 Å². The minimum atomic E-state index is -0.231. The van der Waals surface area contributed by atoms with Gasteiger partial charge in [0.2, 0.25) is 0 Å². The second-order valence-electron chi connectivity index (χ2n) is 8.04. The maximum Gasteiger partial charge on any atom is 0.252 e. The minimum Gasteiger partial charge on any atom is -0.496 e. The molecule has 1 amide bonds. The highest BCUT2D eigenvalue weighted by Gasteiger charge is 2.26. The van der Waals surface area contributed by atoms with Crippen LogP contribution >= 0.6 is 0 Å². The van der Waals surface area contributed by atoms with Gasteiger partial charge >= 0.3 is 0 Å². The molecule has 4 rings (SSSR count). The Bertz CT molecular complexity index is 1130. The van der Waals surface area contributed by atoms with Gasteiger partial charge < -0.3 is 14.6 Å². The van der Waals surface area contributed by atoms with E-state index in [1.807, 2.05) is 42.5 Å². The van der Waals surface area contributed by atoms with Crippen LogP contribution in [0.1, 0.15) is 41.2 Å². The number of aryl methyl sites for hydroxylation is 1. The van der Waals surface area contributed by atoms with Crippen LogP contribution in [0.15, 0.2) is 59.4 Å². The Kier molecular flexibility index (Phi) is 6.37. The van der Waals surface area contributed by atoms with Crippen LogP contribution in [0.3, 0.4) is 0 Å². The van der Waals surface area contributed by atoms with Gasteiger partial charge in [-0.05, 0) is 38.1 Å². The van der Waals surface area contributed by atoms with Gasteiger partial charge in [-0.15, -0.1) is 0 Å². The number of hydrogen-bond acceptors (Lipinski definition) is 4. The molecule has 0 aliphatic carbocycles. The molecule has 0 radical (unpaired) electrons. The highest BCUT2D eigenvalue weighted by atomic mass is 16.5. The summed E-state index contributed by atoms with van der Waals surface area (Å²) in [4.78, 5) is 28.0. The van der Waals surface area contributed by atoms with Gasteiger partial charge in [0, 0.05) is 30.6 Å². The summed E-state index contributed by atoms with van der Waals surface area (Å²) in [6, 6.07) is 16.9. The van der Waals surface area contributed by atoms with Gasteiger partial charge in [0.1, 0.15) is 5.75 Å². The number of benzene rings is 2. The summed E-state index contributed by atoms with van der Waals surface area (Å²) >= 11 is 0. The average molecular weight is 420 g/mol. The first-order valence-electron chi connectivity index (χ1n) is 10.8. The fourth-order valence-electron chi connectivity index (χ4n) is 4.49. The number of pyridine rings is 1. The number of amides is 1. The smallest absolute Gasteiger partial charge is 0.252 e. The summed E-state index contributed by atoms with van der Waals surface area (Å²) in [7, 11) is 3.40. The molecule has 1 aliphatic rings. The van der Waals surface area contributed by atoms with Gasteiger partial charge in [-0.1, -0.05) is 42.8 Å². The third-order valence-corrected chi connectivity index (χ3v) is 6.18. The van der Waals surface area contributed by atoms with E-state index in [0.717, 1.165) is 48.1 Å². The second-order valence-corrected chi connectivity index (χ2v) is 8.04. The Balaban J connectivity index is 1.63. The van der Waals surface area contributed by atoms with Crippen molar-refractivity contribution in [1.82, 2.24) is 14.8 Å². The molecule has 2 heterocycles. The van der Waals surface area contributed by atoms with Gasteiger partial charge in [-0.25, -0.2) is 0 Å². The minimum absolute atomic E-state index is 0.0122. The molecule has 31 heavy (non-hydrogen) atoms. The lowest BCUT2D eigenvalue weighted by molar-refractivity contribution is 0.0924. The molecule has 1 unspecified atom stereocenters. The second kappa shape index (κ2) is 9.35. The quantitative estimate of drug-likeness (QED) is 0.664. The largest absolute Gasteiger partial charge is 0.496 e. The van der Waals surface area contributed by atoms with E-state index < -0.39 is 0 Å². The molecule has 3 aromatic rings. The van der Waals surface area contributed by atoms with Crippen LogP contribution in [-0.2, 0) is 7.05 Å². The summed E-state index contributed by atoms with van der Waals surface area (Å²) in [6.07, 6.45) is 3.54. The first-order chi connectivity index (χ1) is 15.1. The molecular formula is C25H29N3O3. The molecule has 1 aliphatic heterocycles. The molecule has 0 saturated carbocycles. The van der Waals surface area contributed by atoms with Crippen molar-refractivity contribution in [1.29, 1.82) is 0 Å². The van der Waals surface area contributed by atoms with E-state index in [1.165, 1.54) is 12.5 Å². The highest BCUT2D eigenvalue weighted by molar-refractivity contribution is 6.06. The number of methoxy groups -OCH3 is 1. The Hall–Kier alpha value is -3.12. The maximum absolute atomic E-state index is 13.2. The normalized spacial score (nSPS) is 15.5. The number of rotatable bonds is 6. The van der Waals surface area contributed by atoms with Crippen molar-refractivity contribution >= 4 is 16.8 Å². The predicted molar refractivity (Wildman–Crippen MR) is 123 cm³/mol. The zero-order valence-electron chi connectivity index (χ0n) is 18.1. The van der Waals surface area contributed by atoms with Gasteiger partial charge in [0.25, 0.3) is 11.5 Å². The average Bonchev–Trinajstić information content (AvgIpc) is 2.82. The highest BCUT2D eigenvalue weighted by Crippen LogP contribution is 2.31. The van der Waals surface area contributed by atoms with E-state index in [1.54, 1.807) is 18.7 Å². The van der Waals surface area contributed by atoms with Gasteiger partial charge in [0.05, 0.1) is 24.2 Å². The van der Waals surface area contributed by atoms with Crippen LogP contribution in [0.25, 0.3) is 10.9 Å². The SMILES string of the molecule is COc1ccccc1C(CNC(=O)c1cc(=O)n(C)c2ccccc12)N1CCCCC1. The lowest BCUT2D eigenvalue weighted by Gasteiger charge is -2.35. The Morgan fingerprint density at radius 1 is 1.06 bits per heavy atom. The Morgan fingerprint density at radius 3 is 2.55 bits per heavy atom. The van der Waals surface area contributed by atoms with E-state index in [0.29, 0.717) is 12.1 Å². The molecule has 1 aromatic heterocycles. The zero-order chi connectivity index (χ0) is 21.8. The number of carbonyl (C=O) groups excluding carboxylic acids is 1. The number of ether oxygens (including phenoxy) is 1. The molecule has 0 spiro atoms. The molecule has 1 atom stereocenters. The number of fused-ring (bicyclic) bond motifs is 1. The first kappa shape index (κ1) is 21.1. The van der Waals surface area contributed by atoms with E-state index in [-0.39, 0.29) is 17.5 Å². The van der Waals surface area contributed by atoms with Crippen LogP contribution in [-0.4, -0.2) is 42.1 Å². The van der Waals surface area contributed by atoms with Crippen molar-refractivity contribution in [3.05, 3.63) is 76.1 Å². The first-order valence-corrected chi connectivity index (χ1v) is 10.8. The molecule has 6 nitrogen and oxygen atoms in total. The van der Waals surface area contributed by atoms with Crippen molar-refractivity contribution in [2.45, 2.75) is 25.3 Å². The molecule has 0 bridgehead atoms. The number of nitrogens with zero attached hydrogens (tertiary/aromatic N) is 2. The van der Waals surface area contributed by atoms with Crippen molar-refractivity contribution in [3.63, 3.8) is 0 Å². The topological polar surface area (TPSA) is 63.6 Å². The number of carbonyl (C=O) groups is 1. The van der Waals surface area contributed by atoms with E-state index in [2.05, 4.69) is 16.3 Å². The summed E-state index contributed by atoms with van der Waals surface area (Å²) in [5.41, 5.74) is 2.04. The molecule has 6 heteroatoms. The van der Waals surface area contributed by atoms with Crippen LogP contribution in [0.2, 0.25) is 0 Å². The van der Waals surface area contributed by atoms with Crippen molar-refractivity contribution in [2.24, 2.45) is 7.05 Å². The number of aromatic nitrogens is 1. The number of nitrogens with one attached hydrogen (secondary N) is 1. The van der Waals surface area contributed by atoms with Crippen molar-refractivity contribution < 1.29 is 9.53 Å². The Labute approximate surface area is 182 Å². The molecule has 1 saturated heterocycles. The number of piperidine rings is 1. The van der Waals surface area contributed by atoms with Crippen LogP contribution in [0, 0.1) is 0 Å². The lowest BCUT2D eigenvalue weighted by Crippen LogP contribution is -2.41. The van der Waals surface area contributed by atoms with E-state index in [4.69, 9.17) is 4.74 Å². The summed E-state index contributed by atoms with van der Waals surface area (Å²) in [6.45, 7) is 2.43. The van der Waals surface area contributed by atoms with Crippen molar-refractivity contribution in [2.75, 3.05) is 26.7 Å². The molecule has 2 aromatic carbocycles. The fraction of sp³-hybridized carbons (Fsp3) is 0.360. The predicted octanol–water partition coefficient (Wildman–Crippen LogP) is 3.50. The molecule has 1 N–H and O–H groups in total. The lowest BCUT2D eigenvalue weighted by atomic mass is 10.00. The number of para-hydroxylation sites is 2. The monoisotopic (exact) mass is 419 g/mol. The van der Waals surface area contributed by atoms with E-state index >= 15 is 0 Å². The standard InChI is InChI=1S/C25H29N3O3/c1-27-21-12-6-4-10-18(21)20(16-24(27)29)25(30)26-17-22(28-14-8-3-9-15-28)19-11-5-7-13-23(19)31-2/h4-7,10-13,16,22H,3,8-9,14-15,17H2,1-2H3,(H,26,30). The molecular weight excluding hydrogens is 390 g/mol. The molecule has 1 fully saturated rings. The van der Waals surface area contributed by atoms with Gasteiger partial charge in [-0.3, -0.25) is 14.5 Å². The third kappa shape index (κ3) is 4.35. The maximum atomic E-state index is 13.2. The van der Waals surface area contributed by atoms with Gasteiger partial charge in [-0.2, -0.15) is 0 Å². The number of likely N-dealkylation sites (tertiary alicyclic amines) is 1. The fourth-order valence-corrected chi connectivity index (χ4v) is 4.49. The summed E-state index contributed by atoms with van der Waals surface area (Å²) in [5, 5.41) is 3.87.